The number of rotatable bonds is 4. The van der Waals surface area contributed by atoms with E-state index in [-0.39, 0.29) is 12.2 Å². The van der Waals surface area contributed by atoms with Crippen LogP contribution in [-0.2, 0) is 6.42 Å². The Morgan fingerprint density at radius 1 is 1.40 bits per heavy atom. The summed E-state index contributed by atoms with van der Waals surface area (Å²) in [4.78, 5) is 18.9. The highest BCUT2D eigenvalue weighted by Gasteiger charge is 2.09. The molecule has 0 atom stereocenters. The first-order valence-electron chi connectivity index (χ1n) is 6.25. The lowest BCUT2D eigenvalue weighted by Crippen LogP contribution is -2.19. The summed E-state index contributed by atoms with van der Waals surface area (Å²) in [5, 5.41) is 12.6. The summed E-state index contributed by atoms with van der Waals surface area (Å²) >= 11 is 6.05. The van der Waals surface area contributed by atoms with Crippen molar-refractivity contribution in [1.82, 2.24) is 9.97 Å². The van der Waals surface area contributed by atoms with Gasteiger partial charge in [-0.15, -0.1) is 0 Å². The van der Waals surface area contributed by atoms with Gasteiger partial charge >= 0.3 is 0 Å². The average Bonchev–Trinajstić information content (AvgIpc) is 2.39. The predicted molar refractivity (Wildman–Crippen MR) is 79.9 cm³/mol. The van der Waals surface area contributed by atoms with E-state index in [4.69, 9.17) is 16.7 Å². The van der Waals surface area contributed by atoms with E-state index in [1.807, 2.05) is 19.1 Å². The Morgan fingerprint density at radius 2 is 2.15 bits per heavy atom. The number of aliphatic hydroxyl groups excluding tert-OH is 1. The summed E-state index contributed by atoms with van der Waals surface area (Å²) in [7, 11) is 0. The molecule has 0 aliphatic heterocycles. The van der Waals surface area contributed by atoms with E-state index in [1.165, 1.54) is 0 Å². The molecule has 0 spiro atoms. The van der Waals surface area contributed by atoms with Crippen LogP contribution >= 0.6 is 11.6 Å². The summed E-state index contributed by atoms with van der Waals surface area (Å²) in [5.41, 5.74) is 2.53. The minimum Gasteiger partial charge on any atom is -0.396 e. The Balaban J connectivity index is 2.35. The monoisotopic (exact) mass is 293 g/mol. The molecule has 20 heavy (non-hydrogen) atoms. The Kier molecular flexibility index (Phi) is 4.42. The van der Waals surface area contributed by atoms with Gasteiger partial charge in [-0.2, -0.15) is 0 Å². The minimum atomic E-state index is -0.242. The maximum absolute atomic E-state index is 11.9. The number of nitrogens with one attached hydrogen (secondary N) is 2. The van der Waals surface area contributed by atoms with Crippen molar-refractivity contribution in [1.29, 1.82) is 0 Å². The highest BCUT2D eigenvalue weighted by molar-refractivity contribution is 6.31. The molecule has 5 nitrogen and oxygen atoms in total. The Labute approximate surface area is 121 Å². The van der Waals surface area contributed by atoms with Crippen molar-refractivity contribution in [3.05, 3.63) is 50.4 Å². The number of nitrogens with zero attached hydrogens (tertiary/aromatic N) is 1. The first kappa shape index (κ1) is 14.6. The van der Waals surface area contributed by atoms with Crippen molar-refractivity contribution in [3.8, 4) is 0 Å². The van der Waals surface area contributed by atoms with Crippen molar-refractivity contribution in [2.45, 2.75) is 20.3 Å². The first-order valence-corrected chi connectivity index (χ1v) is 6.63. The van der Waals surface area contributed by atoms with Crippen molar-refractivity contribution >= 4 is 23.2 Å². The van der Waals surface area contributed by atoms with Gasteiger partial charge in [0.2, 0.25) is 5.95 Å². The number of hydrogen-bond acceptors (Lipinski definition) is 4. The molecule has 0 bridgehead atoms. The van der Waals surface area contributed by atoms with Gasteiger partial charge in [0.25, 0.3) is 5.56 Å². The average molecular weight is 294 g/mol. The zero-order valence-electron chi connectivity index (χ0n) is 11.3. The molecule has 0 saturated carbocycles. The molecule has 106 valence electrons. The molecule has 0 radical (unpaired) electrons. The third kappa shape index (κ3) is 3.00. The normalized spacial score (nSPS) is 10.6. The van der Waals surface area contributed by atoms with Crippen LogP contribution in [0.15, 0.2) is 23.0 Å². The number of halogens is 1. The molecule has 3 N–H and O–H groups in total. The van der Waals surface area contributed by atoms with E-state index in [1.54, 1.807) is 13.0 Å². The largest absolute Gasteiger partial charge is 0.396 e. The fourth-order valence-corrected chi connectivity index (χ4v) is 2.12. The van der Waals surface area contributed by atoms with Gasteiger partial charge in [0.05, 0.1) is 5.69 Å². The molecule has 0 aliphatic carbocycles. The number of aromatic amines is 1. The van der Waals surface area contributed by atoms with Crippen molar-refractivity contribution in [3.63, 3.8) is 0 Å². The molecule has 2 aromatic rings. The van der Waals surface area contributed by atoms with E-state index in [2.05, 4.69) is 15.3 Å². The van der Waals surface area contributed by atoms with E-state index < -0.39 is 0 Å². The molecular weight excluding hydrogens is 278 g/mol. The Hall–Kier alpha value is -1.85. The van der Waals surface area contributed by atoms with Crippen LogP contribution in [0.2, 0.25) is 5.02 Å². The number of aliphatic hydroxyl groups is 1. The molecule has 0 amide bonds. The van der Waals surface area contributed by atoms with Crippen LogP contribution in [0.1, 0.15) is 16.8 Å². The second kappa shape index (κ2) is 6.07. The second-order valence-corrected chi connectivity index (χ2v) is 4.90. The van der Waals surface area contributed by atoms with Gasteiger partial charge in [0, 0.05) is 29.3 Å². The molecule has 1 heterocycles. The number of aryl methyl sites for hydroxylation is 1. The molecule has 0 aliphatic rings. The third-order valence-electron chi connectivity index (χ3n) is 3.10. The van der Waals surface area contributed by atoms with Crippen molar-refractivity contribution in [2.24, 2.45) is 0 Å². The zero-order chi connectivity index (χ0) is 14.7. The van der Waals surface area contributed by atoms with Gasteiger partial charge in [-0.1, -0.05) is 17.7 Å². The van der Waals surface area contributed by atoms with Gasteiger partial charge in [-0.25, -0.2) is 4.98 Å². The van der Waals surface area contributed by atoms with Gasteiger partial charge in [-0.05, 0) is 31.5 Å². The van der Waals surface area contributed by atoms with Crippen LogP contribution in [0, 0.1) is 13.8 Å². The maximum atomic E-state index is 11.9. The van der Waals surface area contributed by atoms with Gasteiger partial charge < -0.3 is 10.4 Å². The van der Waals surface area contributed by atoms with E-state index >= 15 is 0 Å². The lowest BCUT2D eigenvalue weighted by molar-refractivity contribution is 0.298. The topological polar surface area (TPSA) is 78.0 Å². The predicted octanol–water partition coefficient (Wildman–Crippen LogP) is 2.32. The zero-order valence-corrected chi connectivity index (χ0v) is 12.1. The lowest BCUT2D eigenvalue weighted by atomic mass is 10.2. The lowest BCUT2D eigenvalue weighted by Gasteiger charge is -2.11. The first-order chi connectivity index (χ1) is 9.52. The van der Waals surface area contributed by atoms with Gasteiger partial charge in [0.1, 0.15) is 0 Å². The van der Waals surface area contributed by atoms with Crippen LogP contribution < -0.4 is 10.9 Å². The van der Waals surface area contributed by atoms with E-state index in [0.29, 0.717) is 28.6 Å². The number of anilines is 2. The Bertz CT molecular complexity index is 683. The fourth-order valence-electron chi connectivity index (χ4n) is 1.95. The summed E-state index contributed by atoms with van der Waals surface area (Å²) in [5.74, 6) is 0.361. The summed E-state index contributed by atoms with van der Waals surface area (Å²) in [6, 6.07) is 5.48. The smallest absolute Gasteiger partial charge is 0.255 e. The van der Waals surface area contributed by atoms with Crippen LogP contribution in [0.25, 0.3) is 0 Å². The highest BCUT2D eigenvalue weighted by atomic mass is 35.5. The third-order valence-corrected chi connectivity index (χ3v) is 3.51. The summed E-state index contributed by atoms with van der Waals surface area (Å²) < 4.78 is 0. The minimum absolute atomic E-state index is 0.0776. The van der Waals surface area contributed by atoms with Crippen LogP contribution in [0.5, 0.6) is 0 Å². The van der Waals surface area contributed by atoms with Crippen molar-refractivity contribution < 1.29 is 5.11 Å². The van der Waals surface area contributed by atoms with E-state index in [9.17, 15) is 4.79 Å². The van der Waals surface area contributed by atoms with Crippen molar-refractivity contribution in [2.75, 3.05) is 11.9 Å². The summed E-state index contributed by atoms with van der Waals surface area (Å²) in [6.45, 7) is 3.55. The number of aromatic nitrogens is 2. The van der Waals surface area contributed by atoms with Gasteiger partial charge in [-0.3, -0.25) is 9.78 Å². The van der Waals surface area contributed by atoms with Crippen LogP contribution in [0.4, 0.5) is 11.6 Å². The molecule has 0 fully saturated rings. The SMILES string of the molecule is Cc1nc(Nc2cccc(Cl)c2C)[nH]c(=O)c1CCO. The Morgan fingerprint density at radius 3 is 2.80 bits per heavy atom. The van der Waals surface area contributed by atoms with Crippen LogP contribution in [0.3, 0.4) is 0 Å². The van der Waals surface area contributed by atoms with Gasteiger partial charge in [0.15, 0.2) is 0 Å². The second-order valence-electron chi connectivity index (χ2n) is 4.49. The molecule has 1 aromatic heterocycles. The summed E-state index contributed by atoms with van der Waals surface area (Å²) in [6.07, 6.45) is 0.296. The van der Waals surface area contributed by atoms with Crippen LogP contribution in [-0.4, -0.2) is 21.7 Å². The standard InChI is InChI=1S/C14H16ClN3O2/c1-8-11(15)4-3-5-12(8)17-14-16-9(2)10(6-7-19)13(20)18-14/h3-5,19H,6-7H2,1-2H3,(H2,16,17,18,20). The molecular formula is C14H16ClN3O2. The quantitative estimate of drug-likeness (QED) is 0.808. The maximum Gasteiger partial charge on any atom is 0.255 e. The highest BCUT2D eigenvalue weighted by Crippen LogP contribution is 2.24. The number of benzene rings is 1. The number of hydrogen-bond donors (Lipinski definition) is 3. The number of H-pyrrole nitrogens is 1. The molecule has 0 saturated heterocycles. The molecule has 1 aromatic carbocycles. The molecule has 2 rings (SSSR count). The van der Waals surface area contributed by atoms with E-state index in [0.717, 1.165) is 11.3 Å². The fraction of sp³-hybridized carbons (Fsp3) is 0.286. The molecule has 6 heteroatoms. The molecule has 0 unspecified atom stereocenters.